The second-order valence-electron chi connectivity index (χ2n) is 4.43. The van der Waals surface area contributed by atoms with E-state index < -0.39 is 0 Å². The third-order valence-corrected chi connectivity index (χ3v) is 3.54. The van der Waals surface area contributed by atoms with Crippen LogP contribution in [0.4, 0.5) is 11.4 Å². The zero-order valence-corrected chi connectivity index (χ0v) is 11.6. The van der Waals surface area contributed by atoms with E-state index in [2.05, 4.69) is 25.7 Å². The number of nitrogen functional groups attached to an aromatic ring is 1. The fourth-order valence-electron chi connectivity index (χ4n) is 1.57. The van der Waals surface area contributed by atoms with Crippen LogP contribution in [-0.2, 0) is 0 Å². The molecule has 0 spiro atoms. The molecule has 2 N–H and O–H groups in total. The molecular formula is C12H18Cl2N2. The normalized spacial score (nSPS) is 12.9. The van der Waals surface area contributed by atoms with Crippen molar-refractivity contribution in [2.75, 3.05) is 17.7 Å². The Morgan fingerprint density at radius 3 is 1.94 bits per heavy atom. The van der Waals surface area contributed by atoms with Crippen LogP contribution in [0.1, 0.15) is 20.8 Å². The summed E-state index contributed by atoms with van der Waals surface area (Å²) in [5, 5.41) is 1.19. The Labute approximate surface area is 107 Å². The highest BCUT2D eigenvalue weighted by atomic mass is 35.5. The van der Waals surface area contributed by atoms with Gasteiger partial charge in [0.1, 0.15) is 0 Å². The molecule has 0 aliphatic carbocycles. The molecule has 0 heterocycles. The van der Waals surface area contributed by atoms with Gasteiger partial charge in [0, 0.05) is 18.8 Å². The molecule has 0 aromatic heterocycles. The van der Waals surface area contributed by atoms with E-state index in [1.165, 1.54) is 0 Å². The molecule has 0 aliphatic heterocycles. The van der Waals surface area contributed by atoms with Crippen LogP contribution in [0.25, 0.3) is 0 Å². The van der Waals surface area contributed by atoms with E-state index in [9.17, 15) is 0 Å². The van der Waals surface area contributed by atoms with Crippen molar-refractivity contribution in [3.05, 3.63) is 22.2 Å². The van der Waals surface area contributed by atoms with Gasteiger partial charge in [-0.05, 0) is 25.0 Å². The predicted octanol–water partition coefficient (Wildman–Crippen LogP) is 4.06. The molecule has 2 nitrogen and oxygen atoms in total. The molecule has 0 aliphatic rings. The first kappa shape index (κ1) is 13.5. The average molecular weight is 261 g/mol. The Bertz CT molecular complexity index is 354. The second kappa shape index (κ2) is 5.15. The SMILES string of the molecule is CC(C)C(C)N(C)c1c(Cl)cc(N)cc1Cl. The maximum Gasteiger partial charge on any atom is 0.0746 e. The summed E-state index contributed by atoms with van der Waals surface area (Å²) < 4.78 is 0. The van der Waals surface area contributed by atoms with E-state index in [1.54, 1.807) is 12.1 Å². The Balaban J connectivity index is 3.13. The molecule has 1 aromatic carbocycles. The minimum absolute atomic E-state index is 0.360. The summed E-state index contributed by atoms with van der Waals surface area (Å²) in [7, 11) is 1.99. The van der Waals surface area contributed by atoms with Crippen molar-refractivity contribution in [2.45, 2.75) is 26.8 Å². The van der Waals surface area contributed by atoms with Gasteiger partial charge >= 0.3 is 0 Å². The van der Waals surface area contributed by atoms with Crippen molar-refractivity contribution in [3.63, 3.8) is 0 Å². The van der Waals surface area contributed by atoms with Gasteiger partial charge in [0.15, 0.2) is 0 Å². The summed E-state index contributed by atoms with van der Waals surface area (Å²) in [6.07, 6.45) is 0. The highest BCUT2D eigenvalue weighted by Gasteiger charge is 2.18. The number of nitrogens with two attached hydrogens (primary N) is 1. The van der Waals surface area contributed by atoms with Crippen LogP contribution in [0.3, 0.4) is 0 Å². The highest BCUT2D eigenvalue weighted by Crippen LogP contribution is 2.36. The minimum Gasteiger partial charge on any atom is -0.399 e. The molecule has 90 valence electrons. The number of halogens is 2. The molecule has 1 aromatic rings. The lowest BCUT2D eigenvalue weighted by molar-refractivity contribution is 0.506. The van der Waals surface area contributed by atoms with Crippen molar-refractivity contribution in [1.82, 2.24) is 0 Å². The van der Waals surface area contributed by atoms with Gasteiger partial charge in [-0.15, -0.1) is 0 Å². The van der Waals surface area contributed by atoms with Gasteiger partial charge < -0.3 is 10.6 Å². The van der Waals surface area contributed by atoms with Crippen LogP contribution in [0.5, 0.6) is 0 Å². The maximum absolute atomic E-state index is 6.17. The number of nitrogens with zero attached hydrogens (tertiary/aromatic N) is 1. The summed E-state index contributed by atoms with van der Waals surface area (Å²) in [6, 6.07) is 3.82. The molecule has 0 saturated heterocycles. The lowest BCUT2D eigenvalue weighted by Gasteiger charge is -2.31. The third kappa shape index (κ3) is 2.74. The number of anilines is 2. The summed E-state index contributed by atoms with van der Waals surface area (Å²) in [6.45, 7) is 6.48. The predicted molar refractivity (Wildman–Crippen MR) is 73.6 cm³/mol. The van der Waals surface area contributed by atoms with Crippen molar-refractivity contribution < 1.29 is 0 Å². The zero-order chi connectivity index (χ0) is 12.5. The molecule has 0 amide bonds. The van der Waals surface area contributed by atoms with E-state index in [0.717, 1.165) is 5.69 Å². The van der Waals surface area contributed by atoms with Gasteiger partial charge in [-0.25, -0.2) is 0 Å². The molecule has 0 radical (unpaired) electrons. The van der Waals surface area contributed by atoms with E-state index in [4.69, 9.17) is 28.9 Å². The van der Waals surface area contributed by atoms with Crippen molar-refractivity contribution in [3.8, 4) is 0 Å². The van der Waals surface area contributed by atoms with E-state index in [0.29, 0.717) is 27.7 Å². The first-order chi connectivity index (χ1) is 7.34. The minimum atomic E-state index is 0.360. The van der Waals surface area contributed by atoms with Crippen LogP contribution in [0, 0.1) is 5.92 Å². The van der Waals surface area contributed by atoms with Gasteiger partial charge in [0.2, 0.25) is 0 Å². The smallest absolute Gasteiger partial charge is 0.0746 e. The number of rotatable bonds is 3. The third-order valence-electron chi connectivity index (χ3n) is 2.97. The quantitative estimate of drug-likeness (QED) is 0.831. The second-order valence-corrected chi connectivity index (χ2v) is 5.24. The Morgan fingerprint density at radius 1 is 1.12 bits per heavy atom. The number of hydrogen-bond donors (Lipinski definition) is 1. The fraction of sp³-hybridized carbons (Fsp3) is 0.500. The number of hydrogen-bond acceptors (Lipinski definition) is 2. The monoisotopic (exact) mass is 260 g/mol. The molecule has 16 heavy (non-hydrogen) atoms. The van der Waals surface area contributed by atoms with Crippen LogP contribution >= 0.6 is 23.2 Å². The summed E-state index contributed by atoms with van der Waals surface area (Å²) in [4.78, 5) is 2.09. The van der Waals surface area contributed by atoms with Crippen LogP contribution in [0.2, 0.25) is 10.0 Å². The van der Waals surface area contributed by atoms with Gasteiger partial charge in [0.25, 0.3) is 0 Å². The van der Waals surface area contributed by atoms with Crippen molar-refractivity contribution >= 4 is 34.6 Å². The molecular weight excluding hydrogens is 243 g/mol. The van der Waals surface area contributed by atoms with E-state index >= 15 is 0 Å². The molecule has 1 atom stereocenters. The maximum atomic E-state index is 6.17. The standard InChI is InChI=1S/C12H18Cl2N2/c1-7(2)8(3)16(4)12-10(13)5-9(15)6-11(12)14/h5-8H,15H2,1-4H3. The Kier molecular flexibility index (Phi) is 4.34. The van der Waals surface area contributed by atoms with Gasteiger partial charge in [-0.2, -0.15) is 0 Å². The lowest BCUT2D eigenvalue weighted by Crippen LogP contribution is -2.33. The summed E-state index contributed by atoms with van der Waals surface area (Å²) in [5.41, 5.74) is 7.11. The average Bonchev–Trinajstić information content (AvgIpc) is 2.14. The summed E-state index contributed by atoms with van der Waals surface area (Å²) >= 11 is 12.3. The largest absolute Gasteiger partial charge is 0.399 e. The Hall–Kier alpha value is -0.600. The molecule has 0 saturated carbocycles. The van der Waals surface area contributed by atoms with Gasteiger partial charge in [-0.1, -0.05) is 37.0 Å². The topological polar surface area (TPSA) is 29.3 Å². The molecule has 0 fully saturated rings. The molecule has 0 bridgehead atoms. The molecule has 1 rings (SSSR count). The van der Waals surface area contributed by atoms with Gasteiger partial charge in [0.05, 0.1) is 15.7 Å². The van der Waals surface area contributed by atoms with Crippen LogP contribution in [0.15, 0.2) is 12.1 Å². The highest BCUT2D eigenvalue weighted by molar-refractivity contribution is 6.39. The van der Waals surface area contributed by atoms with E-state index in [-0.39, 0.29) is 0 Å². The first-order valence-corrected chi connectivity index (χ1v) is 6.07. The van der Waals surface area contributed by atoms with Gasteiger partial charge in [-0.3, -0.25) is 0 Å². The molecule has 1 unspecified atom stereocenters. The zero-order valence-electron chi connectivity index (χ0n) is 10.1. The summed E-state index contributed by atoms with van der Waals surface area (Å²) in [5.74, 6) is 0.523. The Morgan fingerprint density at radius 2 is 1.56 bits per heavy atom. The molecule has 4 heteroatoms. The van der Waals surface area contributed by atoms with Crippen molar-refractivity contribution in [2.24, 2.45) is 5.92 Å². The van der Waals surface area contributed by atoms with E-state index in [1.807, 2.05) is 7.05 Å². The van der Waals surface area contributed by atoms with Crippen molar-refractivity contribution in [1.29, 1.82) is 0 Å². The van der Waals surface area contributed by atoms with Crippen LogP contribution < -0.4 is 10.6 Å². The van der Waals surface area contributed by atoms with Crippen LogP contribution in [-0.4, -0.2) is 13.1 Å². The number of benzene rings is 1. The lowest BCUT2D eigenvalue weighted by atomic mass is 10.0. The first-order valence-electron chi connectivity index (χ1n) is 5.32. The fourth-order valence-corrected chi connectivity index (χ4v) is 2.34.